The second kappa shape index (κ2) is 4.28. The number of carbonyl (C=O) groups is 1. The van der Waals surface area contributed by atoms with Crippen LogP contribution in [0.25, 0.3) is 0 Å². The van der Waals surface area contributed by atoms with E-state index in [-0.39, 0.29) is 17.9 Å². The van der Waals surface area contributed by atoms with Gasteiger partial charge >= 0.3 is 5.97 Å². The molecule has 1 rings (SSSR count). The Labute approximate surface area is 93.1 Å². The van der Waals surface area contributed by atoms with Gasteiger partial charge in [0.1, 0.15) is 6.54 Å². The van der Waals surface area contributed by atoms with E-state index in [0.29, 0.717) is 4.31 Å². The molecule has 0 radical (unpaired) electrons. The Morgan fingerprint density at radius 2 is 2.06 bits per heavy atom. The van der Waals surface area contributed by atoms with Crippen molar-refractivity contribution >= 4 is 26.0 Å². The molecule has 10 heteroatoms. The molecule has 0 bridgehead atoms. The monoisotopic (exact) mass is 272 g/mol. The molecule has 0 aromatic heterocycles. The van der Waals surface area contributed by atoms with E-state index >= 15 is 0 Å². The molecule has 1 saturated heterocycles. The molecule has 16 heavy (non-hydrogen) atoms. The van der Waals surface area contributed by atoms with Crippen LogP contribution in [0.3, 0.4) is 0 Å². The van der Waals surface area contributed by atoms with Crippen LogP contribution in [0.1, 0.15) is 6.42 Å². The lowest BCUT2D eigenvalue weighted by atomic mass is 10.2. The zero-order valence-corrected chi connectivity index (χ0v) is 9.87. The standard InChI is InChI=1S/C6H12N2O6S2/c7-16(13,14)8(3-6(9)10)5-1-2-15(11,12)4-5/h5H,1-4H2,(H,9,10)(H2,7,13,14). The summed E-state index contributed by atoms with van der Waals surface area (Å²) in [5, 5.41) is 13.4. The smallest absolute Gasteiger partial charge is 0.318 e. The quantitative estimate of drug-likeness (QED) is 0.594. The molecule has 0 aromatic carbocycles. The number of rotatable bonds is 4. The summed E-state index contributed by atoms with van der Waals surface area (Å²) in [5.74, 6) is -1.90. The highest BCUT2D eigenvalue weighted by molar-refractivity contribution is 7.91. The van der Waals surface area contributed by atoms with E-state index in [9.17, 15) is 21.6 Å². The van der Waals surface area contributed by atoms with Crippen molar-refractivity contribution in [2.75, 3.05) is 18.1 Å². The Kier molecular flexibility index (Phi) is 3.57. The van der Waals surface area contributed by atoms with Crippen LogP contribution in [0.4, 0.5) is 0 Å². The molecule has 3 N–H and O–H groups in total. The number of aliphatic carboxylic acids is 1. The molecule has 0 amide bonds. The SMILES string of the molecule is NS(=O)(=O)N(CC(=O)O)C1CCS(=O)(=O)C1. The third-order valence-corrected chi connectivity index (χ3v) is 5.06. The van der Waals surface area contributed by atoms with Gasteiger partial charge in [-0.2, -0.15) is 12.7 Å². The van der Waals surface area contributed by atoms with Gasteiger partial charge in [0, 0.05) is 6.04 Å². The van der Waals surface area contributed by atoms with E-state index in [1.54, 1.807) is 0 Å². The highest BCUT2D eigenvalue weighted by Crippen LogP contribution is 2.19. The van der Waals surface area contributed by atoms with Crippen LogP contribution in [0.2, 0.25) is 0 Å². The lowest BCUT2D eigenvalue weighted by molar-refractivity contribution is -0.137. The molecule has 0 spiro atoms. The molecule has 1 aliphatic rings. The van der Waals surface area contributed by atoms with Gasteiger partial charge in [-0.05, 0) is 6.42 Å². The summed E-state index contributed by atoms with van der Waals surface area (Å²) in [5.41, 5.74) is 0. The second-order valence-corrected chi connectivity index (χ2v) is 7.27. The number of carboxylic acid groups (broad SMARTS) is 1. The summed E-state index contributed by atoms with van der Waals surface area (Å²) >= 11 is 0. The van der Waals surface area contributed by atoms with Crippen LogP contribution >= 0.6 is 0 Å². The van der Waals surface area contributed by atoms with Gasteiger partial charge in [0.15, 0.2) is 9.84 Å². The molecule has 1 aliphatic heterocycles. The van der Waals surface area contributed by atoms with Gasteiger partial charge in [0.25, 0.3) is 10.2 Å². The maximum Gasteiger partial charge on any atom is 0.318 e. The van der Waals surface area contributed by atoms with Crippen LogP contribution in [0.5, 0.6) is 0 Å². The third kappa shape index (κ3) is 3.40. The number of nitrogens with zero attached hydrogens (tertiary/aromatic N) is 1. The molecule has 0 saturated carbocycles. The maximum atomic E-state index is 11.1. The molecular formula is C6H12N2O6S2. The lowest BCUT2D eigenvalue weighted by Crippen LogP contribution is -2.47. The molecule has 1 unspecified atom stereocenters. The van der Waals surface area contributed by atoms with Gasteiger partial charge in [-0.1, -0.05) is 0 Å². The largest absolute Gasteiger partial charge is 0.480 e. The predicted molar refractivity (Wildman–Crippen MR) is 54.5 cm³/mol. The first kappa shape index (κ1) is 13.4. The topological polar surface area (TPSA) is 135 Å². The lowest BCUT2D eigenvalue weighted by Gasteiger charge is -2.22. The minimum atomic E-state index is -4.21. The predicted octanol–water partition coefficient (Wildman–Crippen LogP) is -2.24. The van der Waals surface area contributed by atoms with Gasteiger partial charge in [-0.3, -0.25) is 4.79 Å². The molecular weight excluding hydrogens is 260 g/mol. The van der Waals surface area contributed by atoms with E-state index < -0.39 is 38.6 Å². The Morgan fingerprint density at radius 1 is 1.50 bits per heavy atom. The van der Waals surface area contributed by atoms with Crippen LogP contribution in [-0.2, 0) is 24.8 Å². The van der Waals surface area contributed by atoms with E-state index in [1.807, 2.05) is 0 Å². The van der Waals surface area contributed by atoms with Crippen molar-refractivity contribution in [3.8, 4) is 0 Å². The van der Waals surface area contributed by atoms with Crippen LogP contribution < -0.4 is 5.14 Å². The first-order valence-corrected chi connectivity index (χ1v) is 7.66. The zero-order valence-electron chi connectivity index (χ0n) is 8.24. The summed E-state index contributed by atoms with van der Waals surface area (Å²) in [7, 11) is -7.50. The van der Waals surface area contributed by atoms with Gasteiger partial charge in [0.05, 0.1) is 11.5 Å². The normalized spacial score (nSPS) is 24.8. The summed E-state index contributed by atoms with van der Waals surface area (Å²) in [6.45, 7) is -0.820. The molecule has 94 valence electrons. The minimum Gasteiger partial charge on any atom is -0.480 e. The average molecular weight is 272 g/mol. The van der Waals surface area contributed by atoms with Gasteiger partial charge in [0.2, 0.25) is 0 Å². The fourth-order valence-corrected chi connectivity index (χ4v) is 4.27. The summed E-state index contributed by atoms with van der Waals surface area (Å²) in [6.07, 6.45) is 0.0754. The van der Waals surface area contributed by atoms with Crippen LogP contribution in [-0.4, -0.2) is 56.3 Å². The van der Waals surface area contributed by atoms with E-state index in [1.165, 1.54) is 0 Å². The molecule has 0 aliphatic carbocycles. The van der Waals surface area contributed by atoms with E-state index in [4.69, 9.17) is 10.2 Å². The van der Waals surface area contributed by atoms with Crippen molar-refractivity contribution in [1.82, 2.24) is 4.31 Å². The summed E-state index contributed by atoms with van der Waals surface area (Å²) < 4.78 is 45.0. The minimum absolute atomic E-state index is 0.0754. The summed E-state index contributed by atoms with van der Waals surface area (Å²) in [6, 6.07) is -0.879. The van der Waals surface area contributed by atoms with Crippen molar-refractivity contribution in [2.24, 2.45) is 5.14 Å². The number of hydrogen-bond donors (Lipinski definition) is 2. The first-order chi connectivity index (χ1) is 7.12. The van der Waals surface area contributed by atoms with Gasteiger partial charge in [-0.25, -0.2) is 13.6 Å². The molecule has 0 aromatic rings. The molecule has 1 atom stereocenters. The summed E-state index contributed by atoms with van der Waals surface area (Å²) in [4.78, 5) is 10.5. The Bertz CT molecular complexity index is 481. The maximum absolute atomic E-state index is 11.1. The molecule has 1 fully saturated rings. The number of nitrogens with two attached hydrogens (primary N) is 1. The van der Waals surface area contributed by atoms with Crippen molar-refractivity contribution < 1.29 is 26.7 Å². The highest BCUT2D eigenvalue weighted by Gasteiger charge is 2.37. The van der Waals surface area contributed by atoms with E-state index in [2.05, 4.69) is 0 Å². The fourth-order valence-electron chi connectivity index (χ4n) is 1.56. The van der Waals surface area contributed by atoms with Crippen molar-refractivity contribution in [1.29, 1.82) is 0 Å². The molecule has 8 nitrogen and oxygen atoms in total. The second-order valence-electron chi connectivity index (χ2n) is 3.54. The van der Waals surface area contributed by atoms with Crippen molar-refractivity contribution in [2.45, 2.75) is 12.5 Å². The van der Waals surface area contributed by atoms with Crippen LogP contribution in [0.15, 0.2) is 0 Å². The first-order valence-electron chi connectivity index (χ1n) is 4.33. The van der Waals surface area contributed by atoms with Gasteiger partial charge in [-0.15, -0.1) is 0 Å². The Morgan fingerprint density at radius 3 is 2.38 bits per heavy atom. The fraction of sp³-hybridized carbons (Fsp3) is 0.833. The Hall–Kier alpha value is -0.710. The van der Waals surface area contributed by atoms with Crippen molar-refractivity contribution in [3.63, 3.8) is 0 Å². The van der Waals surface area contributed by atoms with Crippen LogP contribution in [0, 0.1) is 0 Å². The number of carboxylic acids is 1. The van der Waals surface area contributed by atoms with Crippen molar-refractivity contribution in [3.05, 3.63) is 0 Å². The Balaban J connectivity index is 2.92. The number of sulfone groups is 1. The number of hydrogen-bond acceptors (Lipinski definition) is 5. The third-order valence-electron chi connectivity index (χ3n) is 2.23. The zero-order chi connectivity index (χ0) is 12.6. The highest BCUT2D eigenvalue weighted by atomic mass is 32.2. The molecule has 1 heterocycles. The van der Waals surface area contributed by atoms with E-state index in [0.717, 1.165) is 0 Å². The average Bonchev–Trinajstić information content (AvgIpc) is 2.39. The van der Waals surface area contributed by atoms with Gasteiger partial charge < -0.3 is 5.11 Å².